The molecule has 1 aliphatic heterocycles. The number of benzene rings is 3. The average Bonchev–Trinajstić information content (AvgIpc) is 3.30. The van der Waals surface area contributed by atoms with Gasteiger partial charge < -0.3 is 4.90 Å². The molecule has 0 atom stereocenters. The molecule has 5 rings (SSSR count). The van der Waals surface area contributed by atoms with Crippen LogP contribution in [0, 0.1) is 5.92 Å². The molecule has 1 fully saturated rings. The van der Waals surface area contributed by atoms with Gasteiger partial charge in [-0.3, -0.25) is 4.79 Å². The van der Waals surface area contributed by atoms with Crippen LogP contribution in [0.15, 0.2) is 84.9 Å². The van der Waals surface area contributed by atoms with Crippen LogP contribution in [-0.2, 0) is 6.42 Å². The van der Waals surface area contributed by atoms with E-state index in [0.717, 1.165) is 43.6 Å². The van der Waals surface area contributed by atoms with Gasteiger partial charge in [-0.1, -0.05) is 77.8 Å². The molecule has 3 aromatic carbocycles. The number of hydrogen-bond acceptors (Lipinski definition) is 2. The predicted octanol–water partition coefficient (Wildman–Crippen LogP) is 6.94. The molecule has 2 heterocycles. The molecule has 0 unspecified atom stereocenters. The van der Waals surface area contributed by atoms with Gasteiger partial charge in [0.05, 0.1) is 16.4 Å². The second-order valence-corrected chi connectivity index (χ2v) is 9.56. The fourth-order valence-electron chi connectivity index (χ4n) is 4.59. The smallest absolute Gasteiger partial charge is 0.272 e. The van der Waals surface area contributed by atoms with Crippen LogP contribution < -0.4 is 0 Å². The highest BCUT2D eigenvalue weighted by molar-refractivity contribution is 6.33. The number of piperidine rings is 1. The quantitative estimate of drug-likeness (QED) is 0.304. The number of aromatic nitrogens is 2. The third-order valence-corrected chi connectivity index (χ3v) is 6.96. The van der Waals surface area contributed by atoms with Gasteiger partial charge in [0, 0.05) is 23.7 Å². The van der Waals surface area contributed by atoms with Crippen LogP contribution in [0.1, 0.15) is 28.9 Å². The van der Waals surface area contributed by atoms with Crippen LogP contribution >= 0.6 is 23.2 Å². The molecule has 0 N–H and O–H groups in total. The van der Waals surface area contributed by atoms with E-state index in [9.17, 15) is 4.79 Å². The zero-order valence-corrected chi connectivity index (χ0v) is 20.2. The van der Waals surface area contributed by atoms with E-state index in [2.05, 4.69) is 24.3 Å². The van der Waals surface area contributed by atoms with Gasteiger partial charge in [0.1, 0.15) is 5.69 Å². The SMILES string of the molecule is O=C(c1cc(-c2ccccc2Cl)nn1-c1cccc(Cl)c1)N1CCC(Cc2ccccc2)CC1. The Morgan fingerprint density at radius 3 is 2.35 bits per heavy atom. The van der Waals surface area contributed by atoms with Crippen molar-refractivity contribution in [2.24, 2.45) is 5.92 Å². The molecule has 0 radical (unpaired) electrons. The molecular formula is C28H25Cl2N3O. The Morgan fingerprint density at radius 1 is 0.882 bits per heavy atom. The Morgan fingerprint density at radius 2 is 1.62 bits per heavy atom. The zero-order valence-electron chi connectivity index (χ0n) is 18.7. The van der Waals surface area contributed by atoms with Crippen molar-refractivity contribution < 1.29 is 4.79 Å². The normalized spacial score (nSPS) is 14.4. The lowest BCUT2D eigenvalue weighted by Crippen LogP contribution is -2.39. The number of hydrogen-bond donors (Lipinski definition) is 0. The van der Waals surface area contributed by atoms with Crippen molar-refractivity contribution in [3.05, 3.63) is 106 Å². The van der Waals surface area contributed by atoms with E-state index in [1.165, 1.54) is 5.56 Å². The van der Waals surface area contributed by atoms with Crippen molar-refractivity contribution in [1.29, 1.82) is 0 Å². The highest BCUT2D eigenvalue weighted by Crippen LogP contribution is 2.30. The summed E-state index contributed by atoms with van der Waals surface area (Å²) >= 11 is 12.7. The zero-order chi connectivity index (χ0) is 23.5. The van der Waals surface area contributed by atoms with E-state index in [1.54, 1.807) is 4.68 Å². The maximum Gasteiger partial charge on any atom is 0.272 e. The summed E-state index contributed by atoms with van der Waals surface area (Å²) in [7, 11) is 0. The molecule has 0 bridgehead atoms. The van der Waals surface area contributed by atoms with Gasteiger partial charge in [-0.2, -0.15) is 5.10 Å². The summed E-state index contributed by atoms with van der Waals surface area (Å²) in [6.45, 7) is 1.47. The minimum absolute atomic E-state index is 0.0241. The lowest BCUT2D eigenvalue weighted by Gasteiger charge is -2.32. The monoisotopic (exact) mass is 489 g/mol. The van der Waals surface area contributed by atoms with Crippen LogP contribution in [0.2, 0.25) is 10.0 Å². The first-order valence-electron chi connectivity index (χ1n) is 11.5. The summed E-state index contributed by atoms with van der Waals surface area (Å²) in [4.78, 5) is 15.6. The minimum Gasteiger partial charge on any atom is -0.337 e. The molecule has 1 saturated heterocycles. The molecule has 0 saturated carbocycles. The van der Waals surface area contributed by atoms with Gasteiger partial charge >= 0.3 is 0 Å². The Labute approximate surface area is 209 Å². The maximum absolute atomic E-state index is 13.7. The average molecular weight is 490 g/mol. The number of rotatable bonds is 5. The molecule has 1 aromatic heterocycles. The van der Waals surface area contributed by atoms with E-state index in [-0.39, 0.29) is 5.91 Å². The number of carbonyl (C=O) groups excluding carboxylic acids is 1. The highest BCUT2D eigenvalue weighted by Gasteiger charge is 2.27. The Balaban J connectivity index is 1.41. The Bertz CT molecular complexity index is 1290. The molecule has 1 amide bonds. The third-order valence-electron chi connectivity index (χ3n) is 6.40. The van der Waals surface area contributed by atoms with Gasteiger partial charge in [0.15, 0.2) is 0 Å². The lowest BCUT2D eigenvalue weighted by molar-refractivity contribution is 0.0681. The van der Waals surface area contributed by atoms with E-state index in [1.807, 2.05) is 65.6 Å². The Kier molecular flexibility index (Phi) is 6.70. The lowest BCUT2D eigenvalue weighted by atomic mass is 9.90. The van der Waals surface area contributed by atoms with E-state index in [4.69, 9.17) is 28.3 Å². The largest absolute Gasteiger partial charge is 0.337 e. The van der Waals surface area contributed by atoms with E-state index in [0.29, 0.717) is 27.4 Å². The van der Waals surface area contributed by atoms with Gasteiger partial charge in [-0.05, 0) is 61.1 Å². The number of amides is 1. The molecule has 4 aromatic rings. The summed E-state index contributed by atoms with van der Waals surface area (Å²) < 4.78 is 1.68. The molecular weight excluding hydrogens is 465 g/mol. The van der Waals surface area contributed by atoms with Crippen molar-refractivity contribution in [1.82, 2.24) is 14.7 Å². The van der Waals surface area contributed by atoms with E-state index >= 15 is 0 Å². The van der Waals surface area contributed by atoms with Crippen molar-refractivity contribution in [3.8, 4) is 16.9 Å². The summed E-state index contributed by atoms with van der Waals surface area (Å²) in [5.41, 5.74) is 4.07. The number of likely N-dealkylation sites (tertiary alicyclic amines) is 1. The molecule has 34 heavy (non-hydrogen) atoms. The maximum atomic E-state index is 13.7. The fourth-order valence-corrected chi connectivity index (χ4v) is 5.01. The summed E-state index contributed by atoms with van der Waals surface area (Å²) in [5, 5.41) is 5.95. The molecule has 172 valence electrons. The van der Waals surface area contributed by atoms with Crippen LogP contribution in [0.25, 0.3) is 16.9 Å². The van der Waals surface area contributed by atoms with Crippen LogP contribution in [-0.4, -0.2) is 33.7 Å². The van der Waals surface area contributed by atoms with Gasteiger partial charge in [-0.25, -0.2) is 4.68 Å². The molecule has 0 spiro atoms. The first-order chi connectivity index (χ1) is 16.6. The van der Waals surface area contributed by atoms with Gasteiger partial charge in [-0.15, -0.1) is 0 Å². The third kappa shape index (κ3) is 4.89. The molecule has 1 aliphatic rings. The Hall–Kier alpha value is -3.08. The number of carbonyl (C=O) groups is 1. The second-order valence-electron chi connectivity index (χ2n) is 8.71. The highest BCUT2D eigenvalue weighted by atomic mass is 35.5. The van der Waals surface area contributed by atoms with E-state index < -0.39 is 0 Å². The standard InChI is InChI=1S/C28H25Cl2N3O/c29-22-9-6-10-23(18-22)33-27(19-26(31-33)24-11-4-5-12-25(24)30)28(34)32-15-13-21(14-16-32)17-20-7-2-1-3-8-20/h1-12,18-19,21H,13-17H2. The second kappa shape index (κ2) is 10.0. The van der Waals surface area contributed by atoms with Crippen LogP contribution in [0.5, 0.6) is 0 Å². The van der Waals surface area contributed by atoms with Gasteiger partial charge in [0.25, 0.3) is 5.91 Å². The fraction of sp³-hybridized carbons (Fsp3) is 0.214. The molecule has 4 nitrogen and oxygen atoms in total. The molecule has 6 heteroatoms. The van der Waals surface area contributed by atoms with Gasteiger partial charge in [0.2, 0.25) is 0 Å². The topological polar surface area (TPSA) is 38.1 Å². The van der Waals surface area contributed by atoms with Crippen molar-refractivity contribution in [2.45, 2.75) is 19.3 Å². The first-order valence-corrected chi connectivity index (χ1v) is 12.3. The molecule has 0 aliphatic carbocycles. The first kappa shape index (κ1) is 22.7. The van der Waals surface area contributed by atoms with Crippen molar-refractivity contribution >= 4 is 29.1 Å². The van der Waals surface area contributed by atoms with Crippen molar-refractivity contribution in [2.75, 3.05) is 13.1 Å². The predicted molar refractivity (Wildman–Crippen MR) is 138 cm³/mol. The number of nitrogens with zero attached hydrogens (tertiary/aromatic N) is 3. The van der Waals surface area contributed by atoms with Crippen LogP contribution in [0.3, 0.4) is 0 Å². The number of halogens is 2. The summed E-state index contributed by atoms with van der Waals surface area (Å²) in [6, 6.07) is 27.3. The summed E-state index contributed by atoms with van der Waals surface area (Å²) in [5.74, 6) is 0.562. The van der Waals surface area contributed by atoms with Crippen molar-refractivity contribution in [3.63, 3.8) is 0 Å². The van der Waals surface area contributed by atoms with Crippen LogP contribution in [0.4, 0.5) is 0 Å². The summed E-state index contributed by atoms with van der Waals surface area (Å²) in [6.07, 6.45) is 3.03. The minimum atomic E-state index is -0.0241.